The van der Waals surface area contributed by atoms with E-state index in [2.05, 4.69) is 0 Å². The minimum Gasteiger partial charge on any atom is -0.298 e. The van der Waals surface area contributed by atoms with Gasteiger partial charge in [-0.2, -0.15) is 0 Å². The minimum atomic E-state index is 0.0395. The third-order valence-electron chi connectivity index (χ3n) is 1.56. The number of carbonyl (C=O) groups is 2. The molecule has 0 bridgehead atoms. The molecule has 0 spiro atoms. The van der Waals surface area contributed by atoms with Crippen LogP contribution in [0.3, 0.4) is 0 Å². The van der Waals surface area contributed by atoms with E-state index in [-0.39, 0.29) is 14.1 Å². The first-order chi connectivity index (χ1) is 5.79. The van der Waals surface area contributed by atoms with Crippen molar-refractivity contribution >= 4 is 20.4 Å². The van der Waals surface area contributed by atoms with Gasteiger partial charge >= 0.3 is 0 Å². The van der Waals surface area contributed by atoms with Crippen LogP contribution in [0.25, 0.3) is 0 Å². The molecule has 0 N–H and O–H groups in total. The Morgan fingerprint density at radius 3 is 2.67 bits per heavy atom. The largest absolute Gasteiger partial charge is 0.298 e. The number of hydrogen-bond donors (Lipinski definition) is 0. The molecular formula is C9H9O2P. The highest BCUT2D eigenvalue weighted by Gasteiger charge is 2.06. The molecule has 3 heteroatoms. The van der Waals surface area contributed by atoms with Crippen molar-refractivity contribution in [2.75, 3.05) is 6.66 Å². The van der Waals surface area contributed by atoms with Crippen molar-refractivity contribution in [2.24, 2.45) is 0 Å². The van der Waals surface area contributed by atoms with Crippen molar-refractivity contribution in [3.05, 3.63) is 35.4 Å². The molecular weight excluding hydrogens is 171 g/mol. The van der Waals surface area contributed by atoms with Gasteiger partial charge in [0.25, 0.3) is 0 Å². The molecule has 0 aliphatic heterocycles. The molecule has 0 aliphatic rings. The van der Waals surface area contributed by atoms with E-state index in [0.29, 0.717) is 17.4 Å². The molecule has 0 saturated carbocycles. The molecule has 0 heterocycles. The second kappa shape index (κ2) is 4.13. The van der Waals surface area contributed by atoms with Gasteiger partial charge in [-0.15, -0.1) is 0 Å². The van der Waals surface area contributed by atoms with Gasteiger partial charge in [0.05, 0.1) is 0 Å². The summed E-state index contributed by atoms with van der Waals surface area (Å²) in [6, 6.07) is 6.85. The van der Waals surface area contributed by atoms with Crippen molar-refractivity contribution < 1.29 is 9.59 Å². The van der Waals surface area contributed by atoms with E-state index < -0.39 is 0 Å². The van der Waals surface area contributed by atoms with E-state index in [9.17, 15) is 9.59 Å². The lowest BCUT2D eigenvalue weighted by Crippen LogP contribution is -1.96. The Labute approximate surface area is 72.8 Å². The van der Waals surface area contributed by atoms with Crippen molar-refractivity contribution in [1.29, 1.82) is 0 Å². The van der Waals surface area contributed by atoms with E-state index >= 15 is 0 Å². The molecule has 0 amide bonds. The number of benzene rings is 1. The molecule has 2 nitrogen and oxygen atoms in total. The van der Waals surface area contributed by atoms with Crippen LogP contribution in [0.2, 0.25) is 0 Å². The van der Waals surface area contributed by atoms with E-state index in [1.807, 2.05) is 6.66 Å². The van der Waals surface area contributed by atoms with Crippen LogP contribution in [0, 0.1) is 0 Å². The van der Waals surface area contributed by atoms with E-state index in [4.69, 9.17) is 0 Å². The van der Waals surface area contributed by atoms with E-state index in [1.54, 1.807) is 24.3 Å². The number of aldehydes is 1. The highest BCUT2D eigenvalue weighted by Crippen LogP contribution is 2.16. The predicted molar refractivity (Wildman–Crippen MR) is 50.4 cm³/mol. The first-order valence-corrected chi connectivity index (χ1v) is 5.06. The maximum atomic E-state index is 11.2. The lowest BCUT2D eigenvalue weighted by Gasteiger charge is -1.99. The summed E-state index contributed by atoms with van der Waals surface area (Å²) in [5.41, 5.74) is 1.06. The van der Waals surface area contributed by atoms with Gasteiger partial charge in [0.15, 0.2) is 11.8 Å². The predicted octanol–water partition coefficient (Wildman–Crippen LogP) is 1.95. The van der Waals surface area contributed by atoms with Gasteiger partial charge in [0.2, 0.25) is 0 Å². The molecule has 0 aliphatic carbocycles. The molecule has 1 aromatic rings. The fourth-order valence-corrected chi connectivity index (χ4v) is 1.44. The van der Waals surface area contributed by atoms with Crippen LogP contribution in [-0.2, 0) is 0 Å². The zero-order valence-corrected chi connectivity index (χ0v) is 7.70. The maximum Gasteiger partial charge on any atom is 0.181 e. The van der Waals surface area contributed by atoms with Crippen LogP contribution in [-0.4, -0.2) is 18.5 Å². The third kappa shape index (κ3) is 1.77. The standard InChI is InChI=1S/C9H9O2P/c1-12-9(11)8-5-3-2-4-7(8)6-10/h2-6,12H,1H3. The Hall–Kier alpha value is -1.01. The average molecular weight is 180 g/mol. The molecule has 1 atom stereocenters. The topological polar surface area (TPSA) is 34.1 Å². The zero-order chi connectivity index (χ0) is 8.97. The SMILES string of the molecule is CPC(=O)c1ccccc1C=O. The molecule has 0 saturated heterocycles. The molecule has 0 aromatic heterocycles. The highest BCUT2D eigenvalue weighted by atomic mass is 31.1. The second-order valence-corrected chi connectivity index (χ2v) is 3.24. The molecule has 62 valence electrons. The number of carbonyl (C=O) groups excluding carboxylic acids is 2. The van der Waals surface area contributed by atoms with Crippen LogP contribution in [0.15, 0.2) is 24.3 Å². The smallest absolute Gasteiger partial charge is 0.181 e. The molecule has 0 radical (unpaired) electrons. The number of hydrogen-bond acceptors (Lipinski definition) is 2. The van der Waals surface area contributed by atoms with Crippen molar-refractivity contribution in [3.8, 4) is 0 Å². The lowest BCUT2D eigenvalue weighted by atomic mass is 10.1. The summed E-state index contributed by atoms with van der Waals surface area (Å²) in [6.07, 6.45) is 0.716. The third-order valence-corrected chi connectivity index (χ3v) is 2.28. The van der Waals surface area contributed by atoms with Gasteiger partial charge < -0.3 is 0 Å². The molecule has 1 aromatic carbocycles. The first kappa shape index (κ1) is 9.08. The minimum absolute atomic E-state index is 0.0395. The van der Waals surface area contributed by atoms with Gasteiger partial charge in [-0.25, -0.2) is 0 Å². The van der Waals surface area contributed by atoms with Gasteiger partial charge in [-0.05, 0) is 15.2 Å². The summed E-state index contributed by atoms with van der Waals surface area (Å²) in [5, 5.41) is 0. The van der Waals surface area contributed by atoms with Crippen LogP contribution >= 0.6 is 8.58 Å². The maximum absolute atomic E-state index is 11.2. The Bertz CT molecular complexity index is 307. The van der Waals surface area contributed by atoms with Gasteiger partial charge in [0, 0.05) is 11.1 Å². The van der Waals surface area contributed by atoms with E-state index in [1.165, 1.54) is 0 Å². The summed E-state index contributed by atoms with van der Waals surface area (Å²) in [5.74, 6) is 0. The first-order valence-electron chi connectivity index (χ1n) is 3.56. The van der Waals surface area contributed by atoms with Crippen LogP contribution in [0.4, 0.5) is 0 Å². The summed E-state index contributed by atoms with van der Waals surface area (Å²) < 4.78 is 0. The molecule has 0 fully saturated rings. The van der Waals surface area contributed by atoms with Gasteiger partial charge in [0.1, 0.15) is 0 Å². The van der Waals surface area contributed by atoms with Crippen LogP contribution in [0.1, 0.15) is 20.7 Å². The van der Waals surface area contributed by atoms with Crippen molar-refractivity contribution in [3.63, 3.8) is 0 Å². The Balaban J connectivity index is 3.13. The van der Waals surface area contributed by atoms with Gasteiger partial charge in [-0.1, -0.05) is 24.3 Å². The van der Waals surface area contributed by atoms with Crippen LogP contribution < -0.4 is 0 Å². The van der Waals surface area contributed by atoms with Crippen molar-refractivity contribution in [2.45, 2.75) is 0 Å². The normalized spacial score (nSPS) is 10.4. The Morgan fingerprint density at radius 2 is 2.08 bits per heavy atom. The fourth-order valence-electron chi connectivity index (χ4n) is 0.941. The van der Waals surface area contributed by atoms with Crippen molar-refractivity contribution in [1.82, 2.24) is 0 Å². The summed E-state index contributed by atoms with van der Waals surface area (Å²) in [6.45, 7) is 1.81. The van der Waals surface area contributed by atoms with Gasteiger partial charge in [-0.3, -0.25) is 9.59 Å². The monoisotopic (exact) mass is 180 g/mol. The Morgan fingerprint density at radius 1 is 1.42 bits per heavy atom. The Kier molecular flexibility index (Phi) is 3.12. The van der Waals surface area contributed by atoms with E-state index in [0.717, 1.165) is 0 Å². The summed E-state index contributed by atoms with van der Waals surface area (Å²) in [4.78, 5) is 21.7. The molecule has 1 rings (SSSR count). The fraction of sp³-hybridized carbons (Fsp3) is 0.111. The highest BCUT2D eigenvalue weighted by molar-refractivity contribution is 7.58. The molecule has 1 unspecified atom stereocenters. The zero-order valence-electron chi connectivity index (χ0n) is 6.70. The second-order valence-electron chi connectivity index (χ2n) is 2.28. The van der Waals surface area contributed by atoms with Crippen LogP contribution in [0.5, 0.6) is 0 Å². The molecule has 12 heavy (non-hydrogen) atoms. The number of rotatable bonds is 3. The lowest BCUT2D eigenvalue weighted by molar-refractivity contribution is 0.107. The summed E-state index contributed by atoms with van der Waals surface area (Å²) >= 11 is 0. The average Bonchev–Trinajstić information content (AvgIpc) is 2.16. The quantitative estimate of drug-likeness (QED) is 0.526. The summed E-state index contributed by atoms with van der Waals surface area (Å²) in [7, 11) is 0.211.